The second kappa shape index (κ2) is 25.8. The largest absolute Gasteiger partial charge is 0.464 e. The van der Waals surface area contributed by atoms with Gasteiger partial charge in [0.25, 0.3) is 0 Å². The van der Waals surface area contributed by atoms with Gasteiger partial charge in [-0.1, -0.05) is 197 Å². The first-order valence-electron chi connectivity index (χ1n) is 20.0. The summed E-state index contributed by atoms with van der Waals surface area (Å²) in [5.41, 5.74) is 4.34. The minimum atomic E-state index is -0.932. The van der Waals surface area contributed by atoms with E-state index in [2.05, 4.69) is 93.6 Å². The van der Waals surface area contributed by atoms with Crippen LogP contribution in [0.2, 0.25) is 0 Å². The van der Waals surface area contributed by atoms with Gasteiger partial charge in [0.05, 0.1) is 0 Å². The topological polar surface area (TPSA) is 9.23 Å². The maximum Gasteiger partial charge on any atom is 0.150 e. The quantitative estimate of drug-likeness (QED) is 0.0558. The lowest BCUT2D eigenvalue weighted by Gasteiger charge is -2.20. The maximum atomic E-state index is 6.86. The molecule has 1 nitrogen and oxygen atoms in total. The zero-order valence-corrected chi connectivity index (χ0v) is 31.6. The van der Waals surface area contributed by atoms with E-state index in [0.29, 0.717) is 0 Å². The molecule has 0 fully saturated rings. The molecule has 0 atom stereocenters. The lowest BCUT2D eigenvalue weighted by molar-refractivity contribution is 0.589. The molecule has 47 heavy (non-hydrogen) atoms. The highest BCUT2D eigenvalue weighted by molar-refractivity contribution is 7.68. The standard InChI is InChI=1S/C45H69OP/c1-4-7-10-13-16-19-22-25-40-28-34-43(35-29-40)46-47(44-36-30-41(31-37-44)26-23-20-17-14-11-8-5-2)45-38-32-42(33-39-45)27-24-21-18-15-12-9-6-3/h28-39H,4-27H2,1-3H3. The third kappa shape index (κ3) is 17.2. The van der Waals surface area contributed by atoms with E-state index in [9.17, 15) is 0 Å². The highest BCUT2D eigenvalue weighted by Gasteiger charge is 2.18. The lowest BCUT2D eigenvalue weighted by Crippen LogP contribution is -2.16. The molecule has 2 heteroatoms. The van der Waals surface area contributed by atoms with Crippen LogP contribution >= 0.6 is 8.15 Å². The molecule has 0 aliphatic rings. The molecule has 3 aromatic carbocycles. The summed E-state index contributed by atoms with van der Waals surface area (Å²) in [6.07, 6.45) is 32.1. The van der Waals surface area contributed by atoms with Gasteiger partial charge in [-0.25, -0.2) is 0 Å². The van der Waals surface area contributed by atoms with Crippen LogP contribution in [0.1, 0.15) is 172 Å². The Morgan fingerprint density at radius 1 is 0.340 bits per heavy atom. The average molecular weight is 657 g/mol. The van der Waals surface area contributed by atoms with Crippen LogP contribution in [0.4, 0.5) is 0 Å². The monoisotopic (exact) mass is 657 g/mol. The van der Waals surface area contributed by atoms with E-state index in [-0.39, 0.29) is 0 Å². The van der Waals surface area contributed by atoms with E-state index in [1.165, 1.54) is 181 Å². The summed E-state index contributed by atoms with van der Waals surface area (Å²) in [4.78, 5) is 0. The van der Waals surface area contributed by atoms with E-state index < -0.39 is 8.15 Å². The molecule has 3 aromatic rings. The molecule has 0 aromatic heterocycles. The van der Waals surface area contributed by atoms with Crippen molar-refractivity contribution in [2.45, 2.75) is 175 Å². The van der Waals surface area contributed by atoms with Gasteiger partial charge in [0.2, 0.25) is 0 Å². The molecular weight excluding hydrogens is 587 g/mol. The number of unbranched alkanes of at least 4 members (excludes halogenated alkanes) is 18. The molecule has 0 radical (unpaired) electrons. The molecule has 0 aliphatic heterocycles. The van der Waals surface area contributed by atoms with E-state index in [4.69, 9.17) is 4.52 Å². The smallest absolute Gasteiger partial charge is 0.150 e. The summed E-state index contributed by atoms with van der Waals surface area (Å²) < 4.78 is 6.86. The van der Waals surface area contributed by atoms with E-state index in [1.54, 1.807) is 0 Å². The van der Waals surface area contributed by atoms with Gasteiger partial charge in [0.15, 0.2) is 8.15 Å². The van der Waals surface area contributed by atoms with Crippen LogP contribution in [-0.4, -0.2) is 0 Å². The van der Waals surface area contributed by atoms with Crippen LogP contribution in [0, 0.1) is 0 Å². The van der Waals surface area contributed by atoms with Gasteiger partial charge in [0.1, 0.15) is 5.75 Å². The molecule has 0 heterocycles. The Morgan fingerprint density at radius 2 is 0.617 bits per heavy atom. The summed E-state index contributed by atoms with van der Waals surface area (Å²) in [7, 11) is -0.932. The summed E-state index contributed by atoms with van der Waals surface area (Å²) in [5.74, 6) is 0.985. The van der Waals surface area contributed by atoms with Gasteiger partial charge < -0.3 is 4.52 Å². The normalized spacial score (nSPS) is 11.4. The first kappa shape index (κ1) is 39.3. The molecular formula is C45H69OP. The van der Waals surface area contributed by atoms with Gasteiger partial charge in [0, 0.05) is 10.6 Å². The third-order valence-corrected chi connectivity index (χ3v) is 11.6. The van der Waals surface area contributed by atoms with Gasteiger partial charge in [-0.05, 0) is 67.3 Å². The Morgan fingerprint density at radius 3 is 0.936 bits per heavy atom. The minimum absolute atomic E-state index is 0.932. The fraction of sp³-hybridized carbons (Fsp3) is 0.600. The Balaban J connectivity index is 1.59. The van der Waals surface area contributed by atoms with Gasteiger partial charge in [-0.15, -0.1) is 0 Å². The molecule has 0 unspecified atom stereocenters. The molecule has 0 saturated heterocycles. The number of hydrogen-bond donors (Lipinski definition) is 0. The summed E-state index contributed by atoms with van der Waals surface area (Å²) in [6.45, 7) is 6.88. The molecule has 0 bridgehead atoms. The molecule has 0 spiro atoms. The van der Waals surface area contributed by atoms with Crippen LogP contribution in [0.5, 0.6) is 5.75 Å². The van der Waals surface area contributed by atoms with Gasteiger partial charge in [-0.3, -0.25) is 0 Å². The second-order valence-corrected chi connectivity index (χ2v) is 15.8. The first-order chi connectivity index (χ1) is 23.2. The Bertz CT molecular complexity index is 1070. The van der Waals surface area contributed by atoms with Gasteiger partial charge in [-0.2, -0.15) is 0 Å². The third-order valence-electron chi connectivity index (χ3n) is 9.67. The second-order valence-electron chi connectivity index (χ2n) is 14.0. The zero-order chi connectivity index (χ0) is 33.2. The van der Waals surface area contributed by atoms with Crippen molar-refractivity contribution in [3.05, 3.63) is 89.5 Å². The van der Waals surface area contributed by atoms with Crippen molar-refractivity contribution in [3.8, 4) is 5.75 Å². The molecule has 0 aliphatic carbocycles. The highest BCUT2D eigenvalue weighted by Crippen LogP contribution is 2.37. The predicted octanol–water partition coefficient (Wildman–Crippen LogP) is 14.0. The Kier molecular flexibility index (Phi) is 21.6. The van der Waals surface area contributed by atoms with Crippen LogP contribution in [0.3, 0.4) is 0 Å². The average Bonchev–Trinajstić information content (AvgIpc) is 3.11. The van der Waals surface area contributed by atoms with E-state index in [1.807, 2.05) is 0 Å². The molecule has 0 saturated carbocycles. The maximum absolute atomic E-state index is 6.86. The summed E-state index contributed by atoms with van der Waals surface area (Å²) in [6, 6.07) is 27.7. The van der Waals surface area contributed by atoms with Crippen molar-refractivity contribution in [2.75, 3.05) is 0 Å². The van der Waals surface area contributed by atoms with Crippen molar-refractivity contribution < 1.29 is 4.52 Å². The van der Waals surface area contributed by atoms with E-state index >= 15 is 0 Å². The Labute approximate surface area is 292 Å². The highest BCUT2D eigenvalue weighted by atomic mass is 31.1. The van der Waals surface area contributed by atoms with Crippen molar-refractivity contribution in [1.82, 2.24) is 0 Å². The van der Waals surface area contributed by atoms with Crippen molar-refractivity contribution in [3.63, 3.8) is 0 Å². The number of rotatable bonds is 28. The lowest BCUT2D eigenvalue weighted by atomic mass is 10.0. The van der Waals surface area contributed by atoms with Crippen LogP contribution < -0.4 is 15.1 Å². The number of aryl methyl sites for hydroxylation is 3. The first-order valence-corrected chi connectivity index (χ1v) is 21.2. The van der Waals surface area contributed by atoms with Crippen LogP contribution in [-0.2, 0) is 19.3 Å². The molecule has 260 valence electrons. The SMILES string of the molecule is CCCCCCCCCc1ccc(OP(c2ccc(CCCCCCCCC)cc2)c2ccc(CCCCCCCCC)cc2)cc1. The Hall–Kier alpha value is -2.11. The van der Waals surface area contributed by atoms with E-state index in [0.717, 1.165) is 5.75 Å². The predicted molar refractivity (Wildman–Crippen MR) is 211 cm³/mol. The van der Waals surface area contributed by atoms with Gasteiger partial charge >= 0.3 is 0 Å². The van der Waals surface area contributed by atoms with Crippen LogP contribution in [0.15, 0.2) is 72.8 Å². The summed E-state index contributed by atoms with van der Waals surface area (Å²) in [5, 5.41) is 2.60. The van der Waals surface area contributed by atoms with Crippen molar-refractivity contribution >= 4 is 18.8 Å². The van der Waals surface area contributed by atoms with Crippen LogP contribution in [0.25, 0.3) is 0 Å². The summed E-state index contributed by atoms with van der Waals surface area (Å²) >= 11 is 0. The van der Waals surface area contributed by atoms with Crippen molar-refractivity contribution in [2.24, 2.45) is 0 Å². The number of hydrogen-bond acceptors (Lipinski definition) is 1. The molecule has 0 amide bonds. The van der Waals surface area contributed by atoms with Crippen molar-refractivity contribution in [1.29, 1.82) is 0 Å². The molecule has 3 rings (SSSR count). The minimum Gasteiger partial charge on any atom is -0.464 e. The fourth-order valence-electron chi connectivity index (χ4n) is 6.53. The molecule has 0 N–H and O–H groups in total. The zero-order valence-electron chi connectivity index (χ0n) is 30.8. The number of benzene rings is 3. The fourth-order valence-corrected chi connectivity index (χ4v) is 8.21.